The molecule has 1 aromatic carbocycles. The van der Waals surface area contributed by atoms with Crippen molar-refractivity contribution >= 4 is 5.91 Å². The molecule has 128 valence electrons. The van der Waals surface area contributed by atoms with Crippen LogP contribution in [0.4, 0.5) is 0 Å². The number of rotatable bonds is 7. The first-order valence-electron chi connectivity index (χ1n) is 8.19. The van der Waals surface area contributed by atoms with E-state index in [1.807, 2.05) is 71.6 Å². The number of methoxy groups -OCH3 is 1. The van der Waals surface area contributed by atoms with Crippen molar-refractivity contribution < 1.29 is 9.53 Å². The number of pyridine rings is 1. The first kappa shape index (κ1) is 16.8. The van der Waals surface area contributed by atoms with Gasteiger partial charge in [-0.05, 0) is 42.0 Å². The van der Waals surface area contributed by atoms with Crippen LogP contribution in [0, 0.1) is 0 Å². The number of carbonyl (C=O) groups is 1. The van der Waals surface area contributed by atoms with Gasteiger partial charge in [0.15, 0.2) is 0 Å². The Hall–Kier alpha value is -3.08. The molecule has 2 heterocycles. The zero-order valence-electron chi connectivity index (χ0n) is 14.1. The molecule has 0 aliphatic rings. The topological polar surface area (TPSA) is 56.1 Å². The van der Waals surface area contributed by atoms with Crippen molar-refractivity contribution in [3.05, 3.63) is 84.4 Å². The van der Waals surface area contributed by atoms with E-state index < -0.39 is 0 Å². The van der Waals surface area contributed by atoms with Gasteiger partial charge in [0.2, 0.25) is 5.91 Å². The zero-order chi connectivity index (χ0) is 17.5. The van der Waals surface area contributed by atoms with Gasteiger partial charge in [-0.2, -0.15) is 0 Å². The third-order valence-corrected chi connectivity index (χ3v) is 4.04. The summed E-state index contributed by atoms with van der Waals surface area (Å²) in [6.45, 7) is 0.427. The van der Waals surface area contributed by atoms with Gasteiger partial charge in [-0.25, -0.2) is 0 Å². The molecule has 0 spiro atoms. The maximum absolute atomic E-state index is 12.5. The maximum Gasteiger partial charge on any atom is 0.222 e. The molecule has 0 bridgehead atoms. The smallest absolute Gasteiger partial charge is 0.222 e. The average molecular weight is 335 g/mol. The van der Waals surface area contributed by atoms with E-state index in [0.29, 0.717) is 13.0 Å². The summed E-state index contributed by atoms with van der Waals surface area (Å²) >= 11 is 0. The number of hydrogen-bond acceptors (Lipinski definition) is 3. The molecule has 5 nitrogen and oxygen atoms in total. The third-order valence-electron chi connectivity index (χ3n) is 4.04. The second-order valence-electron chi connectivity index (χ2n) is 5.72. The van der Waals surface area contributed by atoms with E-state index in [9.17, 15) is 4.79 Å². The molecule has 5 heteroatoms. The average Bonchev–Trinajstić information content (AvgIpc) is 3.20. The van der Waals surface area contributed by atoms with Crippen LogP contribution < -0.4 is 10.1 Å². The fourth-order valence-electron chi connectivity index (χ4n) is 2.74. The van der Waals surface area contributed by atoms with Crippen molar-refractivity contribution in [3.8, 4) is 5.75 Å². The summed E-state index contributed by atoms with van der Waals surface area (Å²) in [5.74, 6) is 0.760. The van der Waals surface area contributed by atoms with Crippen LogP contribution in [0.5, 0.6) is 5.75 Å². The Morgan fingerprint density at radius 2 is 2.00 bits per heavy atom. The minimum absolute atomic E-state index is 0.0211. The molecule has 25 heavy (non-hydrogen) atoms. The van der Waals surface area contributed by atoms with Crippen LogP contribution in [-0.4, -0.2) is 22.6 Å². The SMILES string of the molecule is COc1cccc([C@@H](CC(=O)NCc2ccccn2)n2cccc2)c1. The fourth-order valence-corrected chi connectivity index (χ4v) is 2.74. The van der Waals surface area contributed by atoms with Crippen LogP contribution in [0.3, 0.4) is 0 Å². The van der Waals surface area contributed by atoms with Gasteiger partial charge in [0.1, 0.15) is 5.75 Å². The lowest BCUT2D eigenvalue weighted by atomic mass is 10.0. The molecule has 0 aliphatic heterocycles. The van der Waals surface area contributed by atoms with Crippen molar-refractivity contribution in [1.82, 2.24) is 14.9 Å². The lowest BCUT2D eigenvalue weighted by Gasteiger charge is -2.20. The standard InChI is InChI=1S/C20H21N3O2/c1-25-18-9-6-7-16(13-18)19(23-11-4-5-12-23)14-20(24)22-15-17-8-2-3-10-21-17/h2-13,19H,14-15H2,1H3,(H,22,24)/t19-/m1/s1. The molecule has 1 amide bonds. The number of carbonyl (C=O) groups excluding carboxylic acids is 1. The summed E-state index contributed by atoms with van der Waals surface area (Å²) in [5.41, 5.74) is 1.87. The molecule has 0 fully saturated rings. The predicted molar refractivity (Wildman–Crippen MR) is 96.3 cm³/mol. The molecule has 1 N–H and O–H groups in total. The van der Waals surface area contributed by atoms with Crippen LogP contribution in [0.2, 0.25) is 0 Å². The second-order valence-corrected chi connectivity index (χ2v) is 5.72. The Bertz CT molecular complexity index is 801. The highest BCUT2D eigenvalue weighted by Crippen LogP contribution is 2.25. The minimum Gasteiger partial charge on any atom is -0.497 e. The number of ether oxygens (including phenoxy) is 1. The highest BCUT2D eigenvalue weighted by atomic mass is 16.5. The van der Waals surface area contributed by atoms with Gasteiger partial charge in [0, 0.05) is 18.6 Å². The monoisotopic (exact) mass is 335 g/mol. The molecular formula is C20H21N3O2. The van der Waals surface area contributed by atoms with Gasteiger partial charge >= 0.3 is 0 Å². The molecule has 0 radical (unpaired) electrons. The van der Waals surface area contributed by atoms with Gasteiger partial charge in [0.25, 0.3) is 0 Å². The van der Waals surface area contributed by atoms with Gasteiger partial charge in [-0.15, -0.1) is 0 Å². The van der Waals surface area contributed by atoms with Crippen molar-refractivity contribution in [2.45, 2.75) is 19.0 Å². The summed E-state index contributed by atoms with van der Waals surface area (Å²) in [6, 6.07) is 17.3. The normalized spacial score (nSPS) is 11.7. The van der Waals surface area contributed by atoms with Crippen LogP contribution in [0.15, 0.2) is 73.2 Å². The van der Waals surface area contributed by atoms with E-state index >= 15 is 0 Å². The molecule has 3 rings (SSSR count). The van der Waals surface area contributed by atoms with Gasteiger partial charge in [-0.1, -0.05) is 18.2 Å². The number of aromatic nitrogens is 2. The van der Waals surface area contributed by atoms with E-state index in [-0.39, 0.29) is 11.9 Å². The lowest BCUT2D eigenvalue weighted by Crippen LogP contribution is -2.26. The number of benzene rings is 1. The molecule has 1 atom stereocenters. The number of nitrogens with zero attached hydrogens (tertiary/aromatic N) is 2. The zero-order valence-corrected chi connectivity index (χ0v) is 14.1. The molecule has 0 saturated heterocycles. The highest BCUT2D eigenvalue weighted by molar-refractivity contribution is 5.76. The molecular weight excluding hydrogens is 314 g/mol. The Morgan fingerprint density at radius 1 is 1.16 bits per heavy atom. The van der Waals surface area contributed by atoms with Crippen molar-refractivity contribution in [2.75, 3.05) is 7.11 Å². The molecule has 0 unspecified atom stereocenters. The van der Waals surface area contributed by atoms with Crippen molar-refractivity contribution in [1.29, 1.82) is 0 Å². The second kappa shape index (κ2) is 8.15. The Balaban J connectivity index is 1.73. The van der Waals surface area contributed by atoms with Crippen LogP contribution in [0.1, 0.15) is 23.7 Å². The van der Waals surface area contributed by atoms with E-state index in [2.05, 4.69) is 10.3 Å². The summed E-state index contributed by atoms with van der Waals surface area (Å²) in [7, 11) is 1.64. The van der Waals surface area contributed by atoms with E-state index in [0.717, 1.165) is 17.0 Å². The van der Waals surface area contributed by atoms with Crippen LogP contribution >= 0.6 is 0 Å². The molecule has 0 saturated carbocycles. The maximum atomic E-state index is 12.5. The molecule has 2 aromatic heterocycles. The van der Waals surface area contributed by atoms with Gasteiger partial charge < -0.3 is 14.6 Å². The molecule has 0 aliphatic carbocycles. The largest absolute Gasteiger partial charge is 0.497 e. The first-order valence-corrected chi connectivity index (χ1v) is 8.19. The van der Waals surface area contributed by atoms with Crippen molar-refractivity contribution in [2.24, 2.45) is 0 Å². The van der Waals surface area contributed by atoms with Crippen LogP contribution in [0.25, 0.3) is 0 Å². The Kier molecular flexibility index (Phi) is 5.46. The van der Waals surface area contributed by atoms with Gasteiger partial charge in [0.05, 0.1) is 31.8 Å². The van der Waals surface area contributed by atoms with E-state index in [4.69, 9.17) is 4.74 Å². The predicted octanol–water partition coefficient (Wildman–Crippen LogP) is 3.19. The number of nitrogens with one attached hydrogen (secondary N) is 1. The number of amides is 1. The Labute approximate surface area is 147 Å². The summed E-state index contributed by atoms with van der Waals surface area (Å²) in [4.78, 5) is 16.7. The fraction of sp³-hybridized carbons (Fsp3) is 0.200. The number of hydrogen-bond donors (Lipinski definition) is 1. The quantitative estimate of drug-likeness (QED) is 0.721. The van der Waals surface area contributed by atoms with Crippen molar-refractivity contribution in [3.63, 3.8) is 0 Å². The summed E-state index contributed by atoms with van der Waals surface area (Å²) in [6.07, 6.45) is 6.00. The molecule has 3 aromatic rings. The van der Waals surface area contributed by atoms with E-state index in [1.54, 1.807) is 13.3 Å². The van der Waals surface area contributed by atoms with E-state index in [1.165, 1.54) is 0 Å². The highest BCUT2D eigenvalue weighted by Gasteiger charge is 2.18. The minimum atomic E-state index is -0.0890. The lowest BCUT2D eigenvalue weighted by molar-refractivity contribution is -0.121. The van der Waals surface area contributed by atoms with Gasteiger partial charge in [-0.3, -0.25) is 9.78 Å². The third kappa shape index (κ3) is 4.47. The Morgan fingerprint density at radius 3 is 2.72 bits per heavy atom. The summed E-state index contributed by atoms with van der Waals surface area (Å²) < 4.78 is 7.35. The summed E-state index contributed by atoms with van der Waals surface area (Å²) in [5, 5.41) is 2.94. The first-order chi connectivity index (χ1) is 12.3. The van der Waals surface area contributed by atoms with Crippen LogP contribution in [-0.2, 0) is 11.3 Å².